The van der Waals surface area contributed by atoms with Gasteiger partial charge in [-0.2, -0.15) is 0 Å². The van der Waals surface area contributed by atoms with Crippen LogP contribution in [0.1, 0.15) is 30.6 Å². The van der Waals surface area contributed by atoms with Crippen molar-refractivity contribution < 1.29 is 0 Å². The topological polar surface area (TPSA) is 29.9 Å². The summed E-state index contributed by atoms with van der Waals surface area (Å²) in [6.45, 7) is 6.19. The van der Waals surface area contributed by atoms with E-state index in [9.17, 15) is 0 Å². The second kappa shape index (κ2) is 5.45. The van der Waals surface area contributed by atoms with Gasteiger partial charge in [-0.3, -0.25) is 0 Å². The third-order valence-corrected chi connectivity index (χ3v) is 5.36. The zero-order valence-corrected chi connectivity index (χ0v) is 12.7. The first-order valence-electron chi connectivity index (χ1n) is 6.54. The van der Waals surface area contributed by atoms with Crippen molar-refractivity contribution in [2.24, 2.45) is 0 Å². The van der Waals surface area contributed by atoms with Crippen LogP contribution in [0.15, 0.2) is 29.9 Å². The van der Waals surface area contributed by atoms with E-state index in [2.05, 4.69) is 52.4 Å². The first-order chi connectivity index (χ1) is 9.33. The number of aromatic nitrogens is 2. The summed E-state index contributed by atoms with van der Waals surface area (Å²) in [5.41, 5.74) is 0. The van der Waals surface area contributed by atoms with E-state index in [0.717, 1.165) is 18.9 Å². The predicted octanol–water partition coefficient (Wildman–Crippen LogP) is 3.88. The number of rotatable bonds is 5. The minimum Gasteiger partial charge on any atom is -0.334 e. The van der Waals surface area contributed by atoms with Crippen LogP contribution in [-0.2, 0) is 6.54 Å². The summed E-state index contributed by atoms with van der Waals surface area (Å²) in [7, 11) is 0. The molecule has 0 fully saturated rings. The molecular formula is C14H17N3S2. The van der Waals surface area contributed by atoms with E-state index >= 15 is 0 Å². The molecule has 0 saturated carbocycles. The Morgan fingerprint density at radius 3 is 3.00 bits per heavy atom. The largest absolute Gasteiger partial charge is 0.334 e. The first kappa shape index (κ1) is 12.8. The number of imidazole rings is 1. The summed E-state index contributed by atoms with van der Waals surface area (Å²) in [4.78, 5) is 5.90. The zero-order valence-electron chi connectivity index (χ0n) is 11.1. The molecule has 0 aliphatic rings. The van der Waals surface area contributed by atoms with Gasteiger partial charge in [0.1, 0.15) is 11.9 Å². The maximum atomic E-state index is 4.55. The Morgan fingerprint density at radius 2 is 2.26 bits per heavy atom. The minimum atomic E-state index is 0.199. The van der Waals surface area contributed by atoms with E-state index < -0.39 is 0 Å². The molecule has 1 unspecified atom stereocenters. The molecule has 1 N–H and O–H groups in total. The molecule has 3 aromatic heterocycles. The fraction of sp³-hybridized carbons (Fsp3) is 0.357. The molecule has 5 heteroatoms. The van der Waals surface area contributed by atoms with Gasteiger partial charge in [-0.25, -0.2) is 4.98 Å². The highest BCUT2D eigenvalue weighted by molar-refractivity contribution is 7.27. The molecule has 0 aromatic carbocycles. The molecular weight excluding hydrogens is 274 g/mol. The van der Waals surface area contributed by atoms with Gasteiger partial charge < -0.3 is 9.88 Å². The summed E-state index contributed by atoms with van der Waals surface area (Å²) < 4.78 is 4.95. The quantitative estimate of drug-likeness (QED) is 0.773. The van der Waals surface area contributed by atoms with Gasteiger partial charge in [0.05, 0.1) is 0 Å². The molecule has 0 aliphatic heterocycles. The van der Waals surface area contributed by atoms with E-state index in [4.69, 9.17) is 0 Å². The van der Waals surface area contributed by atoms with Crippen LogP contribution in [0.3, 0.4) is 0 Å². The van der Waals surface area contributed by atoms with Crippen LogP contribution >= 0.6 is 22.7 Å². The van der Waals surface area contributed by atoms with Gasteiger partial charge in [-0.05, 0) is 31.0 Å². The fourth-order valence-corrected chi connectivity index (χ4v) is 4.49. The van der Waals surface area contributed by atoms with E-state index in [1.165, 1.54) is 14.3 Å². The number of thiophene rings is 2. The number of fused-ring (bicyclic) bond motifs is 1. The highest BCUT2D eigenvalue weighted by Crippen LogP contribution is 2.35. The molecule has 0 aliphatic carbocycles. The van der Waals surface area contributed by atoms with Crippen molar-refractivity contribution in [3.63, 3.8) is 0 Å². The zero-order chi connectivity index (χ0) is 13.2. The molecule has 1 atom stereocenters. The summed E-state index contributed by atoms with van der Waals surface area (Å²) in [5.74, 6) is 1.11. The van der Waals surface area contributed by atoms with Gasteiger partial charge in [0.15, 0.2) is 0 Å². The third-order valence-electron chi connectivity index (χ3n) is 3.20. The molecule has 0 spiro atoms. The molecule has 0 bridgehead atoms. The SMILES string of the molecule is CCNC(c1cc2sccc2s1)c1nccn1CC. The number of nitrogens with zero attached hydrogens (tertiary/aromatic N) is 2. The smallest absolute Gasteiger partial charge is 0.131 e. The van der Waals surface area contributed by atoms with Crippen LogP contribution in [0.4, 0.5) is 0 Å². The fourth-order valence-electron chi connectivity index (χ4n) is 2.30. The summed E-state index contributed by atoms with van der Waals surface area (Å²) in [6, 6.07) is 4.69. The van der Waals surface area contributed by atoms with Crippen molar-refractivity contribution >= 4 is 32.1 Å². The van der Waals surface area contributed by atoms with Crippen LogP contribution in [0.5, 0.6) is 0 Å². The Bertz CT molecular complexity index is 636. The molecule has 0 radical (unpaired) electrons. The summed E-state index contributed by atoms with van der Waals surface area (Å²) in [6.07, 6.45) is 3.94. The lowest BCUT2D eigenvalue weighted by Gasteiger charge is -2.17. The van der Waals surface area contributed by atoms with Crippen LogP contribution in [0.25, 0.3) is 9.40 Å². The Labute approximate surface area is 120 Å². The Hall–Kier alpha value is -1.17. The van der Waals surface area contributed by atoms with Crippen LogP contribution in [0, 0.1) is 0 Å². The number of hydrogen-bond acceptors (Lipinski definition) is 4. The summed E-state index contributed by atoms with van der Waals surface area (Å²) >= 11 is 3.67. The second-order valence-corrected chi connectivity index (χ2v) is 6.42. The molecule has 3 aromatic rings. The van der Waals surface area contributed by atoms with Crippen LogP contribution in [0.2, 0.25) is 0 Å². The Balaban J connectivity index is 2.03. The number of nitrogens with one attached hydrogen (secondary N) is 1. The van der Waals surface area contributed by atoms with Crippen molar-refractivity contribution in [2.75, 3.05) is 6.54 Å². The van der Waals surface area contributed by atoms with Gasteiger partial charge in [0.25, 0.3) is 0 Å². The molecule has 3 nitrogen and oxygen atoms in total. The molecule has 0 saturated heterocycles. The monoisotopic (exact) mass is 291 g/mol. The standard InChI is InChI=1S/C14H17N3S2/c1-3-15-13(14-16-6-7-17(14)4-2)12-9-11-10(19-12)5-8-18-11/h5-9,13,15H,3-4H2,1-2H3. The molecule has 0 amide bonds. The van der Waals surface area contributed by atoms with Gasteiger partial charge >= 0.3 is 0 Å². The van der Waals surface area contributed by atoms with Crippen LogP contribution in [-0.4, -0.2) is 16.1 Å². The van der Waals surface area contributed by atoms with Gasteiger partial charge in [0, 0.05) is 33.2 Å². The van der Waals surface area contributed by atoms with Gasteiger partial charge in [0.2, 0.25) is 0 Å². The summed E-state index contributed by atoms with van der Waals surface area (Å²) in [5, 5.41) is 5.71. The van der Waals surface area contributed by atoms with Crippen molar-refractivity contribution in [1.82, 2.24) is 14.9 Å². The third kappa shape index (κ3) is 2.33. The normalized spacial score (nSPS) is 13.2. The lowest BCUT2D eigenvalue weighted by molar-refractivity contribution is 0.565. The van der Waals surface area contributed by atoms with Crippen molar-refractivity contribution in [2.45, 2.75) is 26.4 Å². The van der Waals surface area contributed by atoms with E-state index in [0.29, 0.717) is 0 Å². The number of aryl methyl sites for hydroxylation is 1. The van der Waals surface area contributed by atoms with E-state index in [1.807, 2.05) is 17.5 Å². The van der Waals surface area contributed by atoms with Crippen molar-refractivity contribution in [3.8, 4) is 0 Å². The van der Waals surface area contributed by atoms with Crippen molar-refractivity contribution in [3.05, 3.63) is 40.6 Å². The maximum Gasteiger partial charge on any atom is 0.131 e. The minimum absolute atomic E-state index is 0.199. The van der Waals surface area contributed by atoms with Crippen LogP contribution < -0.4 is 5.32 Å². The van der Waals surface area contributed by atoms with E-state index in [1.54, 1.807) is 11.3 Å². The highest BCUT2D eigenvalue weighted by atomic mass is 32.1. The highest BCUT2D eigenvalue weighted by Gasteiger charge is 2.20. The average molecular weight is 291 g/mol. The van der Waals surface area contributed by atoms with Crippen molar-refractivity contribution in [1.29, 1.82) is 0 Å². The molecule has 19 heavy (non-hydrogen) atoms. The number of hydrogen-bond donors (Lipinski definition) is 1. The molecule has 3 rings (SSSR count). The molecule has 100 valence electrons. The first-order valence-corrected chi connectivity index (χ1v) is 8.24. The Morgan fingerprint density at radius 1 is 1.37 bits per heavy atom. The van der Waals surface area contributed by atoms with Gasteiger partial charge in [-0.15, -0.1) is 22.7 Å². The maximum absolute atomic E-state index is 4.55. The lowest BCUT2D eigenvalue weighted by Crippen LogP contribution is -2.24. The van der Waals surface area contributed by atoms with Gasteiger partial charge in [-0.1, -0.05) is 6.92 Å². The predicted molar refractivity (Wildman–Crippen MR) is 83.1 cm³/mol. The average Bonchev–Trinajstić information content (AvgIpc) is 3.10. The second-order valence-electron chi connectivity index (χ2n) is 4.36. The Kier molecular flexibility index (Phi) is 3.68. The molecule has 3 heterocycles. The lowest BCUT2D eigenvalue weighted by atomic mass is 10.2. The van der Waals surface area contributed by atoms with E-state index in [-0.39, 0.29) is 6.04 Å².